The zero-order valence-electron chi connectivity index (χ0n) is 36.8. The standard InChI is InChI=1S/C45H72O18/c1-19-7-12-45(57-17-19)20(2)30-26(63-45)14-25-23-6-5-21-13-22(8-10-43(21,3)24(23)9-11-44(25,30)4)58-41-36(53)35(52)32(49)29(61-41)18-56-40-38(55)39(33(50)28(16-47)59-40)62-42-37(54)34(51)31(48)27(15-46)60-42/h5,19-20,22-42,46-55H,6-18H2,1-4H3. The third-order valence-corrected chi connectivity index (χ3v) is 17.7. The van der Waals surface area contributed by atoms with Crippen LogP contribution in [0.15, 0.2) is 11.6 Å². The van der Waals surface area contributed by atoms with Crippen LogP contribution in [0.5, 0.6) is 0 Å². The molecule has 8 fully saturated rings. The van der Waals surface area contributed by atoms with E-state index in [1.165, 1.54) is 12.0 Å². The van der Waals surface area contributed by atoms with Gasteiger partial charge in [0.15, 0.2) is 24.7 Å². The number of allylic oxidation sites excluding steroid dienone is 1. The van der Waals surface area contributed by atoms with Gasteiger partial charge < -0.3 is 89.0 Å². The highest BCUT2D eigenvalue weighted by atomic mass is 16.8. The van der Waals surface area contributed by atoms with Crippen molar-refractivity contribution < 1.29 is 89.0 Å². The predicted octanol–water partition coefficient (Wildman–Crippen LogP) is -0.813. The molecule has 4 aliphatic carbocycles. The van der Waals surface area contributed by atoms with Crippen molar-refractivity contribution in [2.45, 2.75) is 196 Å². The van der Waals surface area contributed by atoms with Crippen LogP contribution < -0.4 is 0 Å². The lowest BCUT2D eigenvalue weighted by atomic mass is 9.47. The molecule has 18 nitrogen and oxygen atoms in total. The lowest BCUT2D eigenvalue weighted by molar-refractivity contribution is -0.366. The summed E-state index contributed by atoms with van der Waals surface area (Å²) in [5, 5.41) is 106. The fraction of sp³-hybridized carbons (Fsp3) is 0.956. The summed E-state index contributed by atoms with van der Waals surface area (Å²) >= 11 is 0. The van der Waals surface area contributed by atoms with Gasteiger partial charge in [0.25, 0.3) is 0 Å². The smallest absolute Gasteiger partial charge is 0.187 e. The lowest BCUT2D eigenvalue weighted by Crippen LogP contribution is -2.65. The molecule has 0 aromatic rings. The first kappa shape index (κ1) is 47.1. The van der Waals surface area contributed by atoms with Crippen molar-refractivity contribution in [1.29, 1.82) is 0 Å². The molecule has 10 N–H and O–H groups in total. The molecule has 5 heterocycles. The van der Waals surface area contributed by atoms with Crippen LogP contribution in [-0.4, -0.2) is 188 Å². The number of hydrogen-bond donors (Lipinski definition) is 10. The summed E-state index contributed by atoms with van der Waals surface area (Å²) in [5.41, 5.74) is 1.56. The highest BCUT2D eigenvalue weighted by Gasteiger charge is 2.69. The molecule has 0 aromatic carbocycles. The van der Waals surface area contributed by atoms with Crippen LogP contribution in [-0.2, 0) is 37.9 Å². The van der Waals surface area contributed by atoms with E-state index in [2.05, 4.69) is 33.8 Å². The van der Waals surface area contributed by atoms with Gasteiger partial charge >= 0.3 is 0 Å². The largest absolute Gasteiger partial charge is 0.394 e. The Morgan fingerprint density at radius 2 is 1.33 bits per heavy atom. The predicted molar refractivity (Wildman–Crippen MR) is 216 cm³/mol. The Kier molecular flexibility index (Phi) is 13.3. The van der Waals surface area contributed by atoms with Crippen molar-refractivity contribution in [2.24, 2.45) is 46.3 Å². The van der Waals surface area contributed by atoms with Crippen molar-refractivity contribution >= 4 is 0 Å². The molecule has 5 aliphatic heterocycles. The maximum absolute atomic E-state index is 11.2. The van der Waals surface area contributed by atoms with Crippen LogP contribution in [0.2, 0.25) is 0 Å². The topological polar surface area (TPSA) is 276 Å². The fourth-order valence-corrected chi connectivity index (χ4v) is 14.0. The van der Waals surface area contributed by atoms with Crippen LogP contribution in [0, 0.1) is 46.3 Å². The molecule has 26 unspecified atom stereocenters. The van der Waals surface area contributed by atoms with Crippen LogP contribution in [0.25, 0.3) is 0 Å². The molecule has 360 valence electrons. The third kappa shape index (κ3) is 7.90. The molecular formula is C45H72O18. The first-order valence-corrected chi connectivity index (χ1v) is 23.5. The summed E-state index contributed by atoms with van der Waals surface area (Å²) in [6.07, 6.45) is -12.9. The second-order valence-electron chi connectivity index (χ2n) is 21.1. The summed E-state index contributed by atoms with van der Waals surface area (Å²) in [6.45, 7) is 8.35. The summed E-state index contributed by atoms with van der Waals surface area (Å²) in [6, 6.07) is 0. The molecule has 1 spiro atoms. The first-order chi connectivity index (χ1) is 29.9. The first-order valence-electron chi connectivity index (χ1n) is 23.5. The van der Waals surface area contributed by atoms with Gasteiger partial charge in [0, 0.05) is 12.3 Å². The molecule has 0 aromatic heterocycles. The molecule has 3 saturated carbocycles. The molecule has 18 heteroatoms. The number of aliphatic hydroxyl groups is 10. The summed E-state index contributed by atoms with van der Waals surface area (Å²) < 4.78 is 48.4. The Morgan fingerprint density at radius 1 is 0.683 bits per heavy atom. The van der Waals surface area contributed by atoms with E-state index in [1.807, 2.05) is 0 Å². The van der Waals surface area contributed by atoms with Gasteiger partial charge in [-0.1, -0.05) is 39.3 Å². The second kappa shape index (κ2) is 17.8. The van der Waals surface area contributed by atoms with Crippen molar-refractivity contribution in [3.05, 3.63) is 11.6 Å². The maximum Gasteiger partial charge on any atom is 0.187 e. The van der Waals surface area contributed by atoms with E-state index in [1.54, 1.807) is 0 Å². The molecule has 63 heavy (non-hydrogen) atoms. The highest BCUT2D eigenvalue weighted by Crippen LogP contribution is 2.70. The van der Waals surface area contributed by atoms with Gasteiger partial charge in [-0.15, -0.1) is 0 Å². The van der Waals surface area contributed by atoms with E-state index in [-0.39, 0.29) is 23.0 Å². The summed E-state index contributed by atoms with van der Waals surface area (Å²) in [5.74, 6) is 2.67. The highest BCUT2D eigenvalue weighted by molar-refractivity contribution is 5.26. The van der Waals surface area contributed by atoms with E-state index in [0.29, 0.717) is 48.3 Å². The van der Waals surface area contributed by atoms with Crippen molar-refractivity contribution in [1.82, 2.24) is 0 Å². The van der Waals surface area contributed by atoms with Gasteiger partial charge in [-0.25, -0.2) is 0 Å². The number of fused-ring (bicyclic) bond motifs is 7. The van der Waals surface area contributed by atoms with Crippen LogP contribution in [0.4, 0.5) is 0 Å². The fourth-order valence-electron chi connectivity index (χ4n) is 14.0. The lowest BCUT2D eigenvalue weighted by Gasteiger charge is -2.58. The monoisotopic (exact) mass is 900 g/mol. The SMILES string of the molecule is CC1CCC2(OC1)OC1CC3C4CC=C5CC(OC6OC(COC7OC(CO)C(O)C(OC8OC(CO)C(O)C(O)C8O)C7O)C(O)C(O)C6O)CCC5(C)C4CCC3(C)C1C2C. The van der Waals surface area contributed by atoms with Crippen molar-refractivity contribution in [3.8, 4) is 0 Å². The van der Waals surface area contributed by atoms with Gasteiger partial charge in [0.1, 0.15) is 73.2 Å². The van der Waals surface area contributed by atoms with Gasteiger partial charge in [-0.05, 0) is 91.8 Å². The summed E-state index contributed by atoms with van der Waals surface area (Å²) in [7, 11) is 0. The maximum atomic E-state index is 11.2. The minimum Gasteiger partial charge on any atom is -0.394 e. The minimum atomic E-state index is -1.85. The zero-order valence-corrected chi connectivity index (χ0v) is 36.8. The average Bonchev–Trinajstić information content (AvgIpc) is 3.72. The normalized spacial score (nSPS) is 56.9. The molecule has 5 saturated heterocycles. The number of rotatable bonds is 9. The van der Waals surface area contributed by atoms with E-state index < -0.39 is 118 Å². The molecule has 9 rings (SSSR count). The Morgan fingerprint density at radius 3 is 2.02 bits per heavy atom. The Hall–Kier alpha value is -0.980. The van der Waals surface area contributed by atoms with E-state index in [4.69, 9.17) is 37.9 Å². The zero-order chi connectivity index (χ0) is 44.9. The third-order valence-electron chi connectivity index (χ3n) is 17.7. The second-order valence-corrected chi connectivity index (χ2v) is 21.1. The quantitative estimate of drug-likeness (QED) is 0.127. The summed E-state index contributed by atoms with van der Waals surface area (Å²) in [4.78, 5) is 0. The van der Waals surface area contributed by atoms with Crippen molar-refractivity contribution in [3.63, 3.8) is 0 Å². The molecule has 0 amide bonds. The average molecular weight is 901 g/mol. The molecular weight excluding hydrogens is 828 g/mol. The van der Waals surface area contributed by atoms with E-state index >= 15 is 0 Å². The number of aliphatic hydroxyl groups excluding tert-OH is 10. The van der Waals surface area contributed by atoms with E-state index in [9.17, 15) is 51.1 Å². The van der Waals surface area contributed by atoms with Crippen LogP contribution >= 0.6 is 0 Å². The van der Waals surface area contributed by atoms with Crippen LogP contribution in [0.1, 0.15) is 85.5 Å². The van der Waals surface area contributed by atoms with Crippen LogP contribution in [0.3, 0.4) is 0 Å². The minimum absolute atomic E-state index is 0.00144. The van der Waals surface area contributed by atoms with Gasteiger partial charge in [0.2, 0.25) is 0 Å². The van der Waals surface area contributed by atoms with Gasteiger partial charge in [-0.3, -0.25) is 0 Å². The van der Waals surface area contributed by atoms with Gasteiger partial charge in [0.05, 0.1) is 38.6 Å². The Bertz CT molecular complexity index is 1630. The Balaban J connectivity index is 0.823. The molecule has 0 bridgehead atoms. The number of ether oxygens (including phenoxy) is 8. The van der Waals surface area contributed by atoms with E-state index in [0.717, 1.165) is 45.1 Å². The molecule has 9 aliphatic rings. The number of hydrogen-bond acceptors (Lipinski definition) is 18. The van der Waals surface area contributed by atoms with Crippen molar-refractivity contribution in [2.75, 3.05) is 26.4 Å². The molecule has 26 atom stereocenters. The van der Waals surface area contributed by atoms with Gasteiger partial charge in [-0.2, -0.15) is 0 Å². The molecule has 0 radical (unpaired) electrons. The Labute approximate surface area is 368 Å².